The van der Waals surface area contributed by atoms with Gasteiger partial charge in [0.05, 0.1) is 0 Å². The summed E-state index contributed by atoms with van der Waals surface area (Å²) in [5, 5.41) is 0. The van der Waals surface area contributed by atoms with Gasteiger partial charge in [0.1, 0.15) is 0 Å². The first kappa shape index (κ1) is 15.3. The van der Waals surface area contributed by atoms with Crippen LogP contribution in [-0.2, 0) is 0 Å². The summed E-state index contributed by atoms with van der Waals surface area (Å²) < 4.78 is 3.43. The maximum Gasteiger partial charge on any atom is 0.0222 e. The second-order valence-corrected chi connectivity index (χ2v) is 7.39. The third-order valence-corrected chi connectivity index (χ3v) is 6.08. The van der Waals surface area contributed by atoms with Crippen LogP contribution in [0, 0.1) is 27.7 Å². The number of halogens is 3. The average Bonchev–Trinajstić information content (AvgIpc) is 2.36. The summed E-state index contributed by atoms with van der Waals surface area (Å²) >= 11 is 10.9. The molecule has 0 fully saturated rings. The van der Waals surface area contributed by atoms with Gasteiger partial charge in [-0.1, -0.05) is 53.9 Å². The van der Waals surface area contributed by atoms with E-state index in [-0.39, 0.29) is 0 Å². The normalized spacial score (nSPS) is 10.9. The number of hydrogen-bond donors (Lipinski definition) is 0. The molecule has 19 heavy (non-hydrogen) atoms. The van der Waals surface area contributed by atoms with Crippen molar-refractivity contribution in [3.05, 3.63) is 53.9 Å². The minimum Gasteiger partial charge on any atom is -0.0576 e. The third-order valence-electron chi connectivity index (χ3n) is 3.58. The van der Waals surface area contributed by atoms with Crippen molar-refractivity contribution in [2.75, 3.05) is 0 Å². The molecular formula is C16H15Br3. The first-order valence-electron chi connectivity index (χ1n) is 6.05. The predicted molar refractivity (Wildman–Crippen MR) is 93.9 cm³/mol. The Hall–Kier alpha value is -0.120. The highest BCUT2D eigenvalue weighted by Crippen LogP contribution is 2.40. The lowest BCUT2D eigenvalue weighted by atomic mass is 9.90. The largest absolute Gasteiger partial charge is 0.0576 e. The van der Waals surface area contributed by atoms with Gasteiger partial charge in [0.2, 0.25) is 0 Å². The molecule has 0 atom stereocenters. The smallest absolute Gasteiger partial charge is 0.0222 e. The van der Waals surface area contributed by atoms with E-state index in [1.54, 1.807) is 0 Å². The number of hydrogen-bond acceptors (Lipinski definition) is 0. The Bertz CT molecular complexity index is 632. The molecule has 0 N–H and O–H groups in total. The summed E-state index contributed by atoms with van der Waals surface area (Å²) in [5.41, 5.74) is 7.80. The van der Waals surface area contributed by atoms with Crippen LogP contribution in [0.1, 0.15) is 22.3 Å². The van der Waals surface area contributed by atoms with Gasteiger partial charge in [-0.2, -0.15) is 0 Å². The second kappa shape index (κ2) is 5.71. The van der Waals surface area contributed by atoms with Crippen LogP contribution in [0.2, 0.25) is 0 Å². The van der Waals surface area contributed by atoms with E-state index in [9.17, 15) is 0 Å². The van der Waals surface area contributed by atoms with Crippen molar-refractivity contribution in [3.8, 4) is 11.1 Å². The minimum atomic E-state index is 1.14. The Morgan fingerprint density at radius 3 is 1.63 bits per heavy atom. The second-order valence-electron chi connectivity index (χ2n) is 4.83. The Morgan fingerprint density at radius 1 is 0.632 bits per heavy atom. The Labute approximate surface area is 140 Å². The first-order chi connectivity index (χ1) is 8.84. The standard InChI is InChI=1S/C16H15Br3/c1-8-5-6-12(17)9(2)15(8)16-10(3)13(18)7-14(19)11(16)4/h5-7H,1-4H3. The molecule has 0 nitrogen and oxygen atoms in total. The van der Waals surface area contributed by atoms with Gasteiger partial charge >= 0.3 is 0 Å². The van der Waals surface area contributed by atoms with Crippen LogP contribution >= 0.6 is 47.8 Å². The maximum atomic E-state index is 3.65. The molecule has 0 bridgehead atoms. The molecule has 0 saturated heterocycles. The van der Waals surface area contributed by atoms with Crippen molar-refractivity contribution in [2.45, 2.75) is 27.7 Å². The summed E-state index contributed by atoms with van der Waals surface area (Å²) in [6, 6.07) is 6.41. The molecule has 0 saturated carbocycles. The fourth-order valence-corrected chi connectivity index (χ4v) is 3.92. The molecule has 2 aromatic rings. The van der Waals surface area contributed by atoms with Gasteiger partial charge < -0.3 is 0 Å². The van der Waals surface area contributed by atoms with Crippen LogP contribution in [0.3, 0.4) is 0 Å². The fraction of sp³-hybridized carbons (Fsp3) is 0.250. The molecule has 0 spiro atoms. The van der Waals surface area contributed by atoms with E-state index in [1.807, 2.05) is 0 Å². The van der Waals surface area contributed by atoms with E-state index in [0.717, 1.165) is 13.4 Å². The molecule has 0 aliphatic carbocycles. The third kappa shape index (κ3) is 2.70. The van der Waals surface area contributed by atoms with Gasteiger partial charge in [-0.05, 0) is 73.2 Å². The minimum absolute atomic E-state index is 1.14. The summed E-state index contributed by atoms with van der Waals surface area (Å²) in [6.45, 7) is 8.67. The lowest BCUT2D eigenvalue weighted by Gasteiger charge is -2.19. The molecule has 2 aromatic carbocycles. The van der Waals surface area contributed by atoms with E-state index in [2.05, 4.69) is 93.7 Å². The van der Waals surface area contributed by atoms with E-state index in [1.165, 1.54) is 33.4 Å². The Kier molecular flexibility index (Phi) is 4.59. The highest BCUT2D eigenvalue weighted by Gasteiger charge is 2.16. The van der Waals surface area contributed by atoms with Crippen LogP contribution in [-0.4, -0.2) is 0 Å². The van der Waals surface area contributed by atoms with Crippen molar-refractivity contribution in [1.29, 1.82) is 0 Å². The molecule has 0 aliphatic rings. The van der Waals surface area contributed by atoms with E-state index >= 15 is 0 Å². The zero-order valence-corrected chi connectivity index (χ0v) is 16.1. The molecule has 0 aromatic heterocycles. The van der Waals surface area contributed by atoms with Gasteiger partial charge in [0.15, 0.2) is 0 Å². The summed E-state index contributed by atoms with van der Waals surface area (Å²) in [6.07, 6.45) is 0. The fourth-order valence-electron chi connectivity index (χ4n) is 2.43. The molecule has 0 unspecified atom stereocenters. The van der Waals surface area contributed by atoms with Crippen molar-refractivity contribution >= 4 is 47.8 Å². The Morgan fingerprint density at radius 2 is 1.11 bits per heavy atom. The molecule has 0 aliphatic heterocycles. The van der Waals surface area contributed by atoms with Crippen molar-refractivity contribution < 1.29 is 0 Å². The summed E-state index contributed by atoms with van der Waals surface area (Å²) in [7, 11) is 0. The predicted octanol–water partition coefficient (Wildman–Crippen LogP) is 6.87. The van der Waals surface area contributed by atoms with Gasteiger partial charge in [-0.3, -0.25) is 0 Å². The highest BCUT2D eigenvalue weighted by atomic mass is 79.9. The zero-order chi connectivity index (χ0) is 14.3. The summed E-state index contributed by atoms with van der Waals surface area (Å²) in [4.78, 5) is 0. The quantitative estimate of drug-likeness (QED) is 0.448. The summed E-state index contributed by atoms with van der Waals surface area (Å²) in [5.74, 6) is 0. The van der Waals surface area contributed by atoms with E-state index < -0.39 is 0 Å². The van der Waals surface area contributed by atoms with Crippen LogP contribution in [0.4, 0.5) is 0 Å². The van der Waals surface area contributed by atoms with Crippen LogP contribution in [0.5, 0.6) is 0 Å². The van der Waals surface area contributed by atoms with Crippen molar-refractivity contribution in [2.24, 2.45) is 0 Å². The molecule has 0 amide bonds. The van der Waals surface area contributed by atoms with Gasteiger partial charge in [0.25, 0.3) is 0 Å². The van der Waals surface area contributed by atoms with E-state index in [4.69, 9.17) is 0 Å². The van der Waals surface area contributed by atoms with Crippen molar-refractivity contribution in [1.82, 2.24) is 0 Å². The van der Waals surface area contributed by atoms with Gasteiger partial charge in [-0.25, -0.2) is 0 Å². The number of benzene rings is 2. The molecular weight excluding hydrogens is 432 g/mol. The topological polar surface area (TPSA) is 0 Å². The lowest BCUT2D eigenvalue weighted by Crippen LogP contribution is -1.96. The SMILES string of the molecule is Cc1ccc(Br)c(C)c1-c1c(C)c(Br)cc(Br)c1C. The lowest BCUT2D eigenvalue weighted by molar-refractivity contribution is 1.28. The monoisotopic (exact) mass is 444 g/mol. The Balaban J connectivity index is 2.91. The van der Waals surface area contributed by atoms with Crippen LogP contribution < -0.4 is 0 Å². The van der Waals surface area contributed by atoms with Crippen molar-refractivity contribution in [3.63, 3.8) is 0 Å². The van der Waals surface area contributed by atoms with Gasteiger partial charge in [0, 0.05) is 13.4 Å². The molecule has 0 radical (unpaired) electrons. The van der Waals surface area contributed by atoms with Crippen LogP contribution in [0.15, 0.2) is 31.6 Å². The zero-order valence-electron chi connectivity index (χ0n) is 11.4. The molecule has 100 valence electrons. The molecule has 2 rings (SSSR count). The molecule has 3 heteroatoms. The highest BCUT2D eigenvalue weighted by molar-refractivity contribution is 9.11. The van der Waals surface area contributed by atoms with E-state index in [0.29, 0.717) is 0 Å². The van der Waals surface area contributed by atoms with Crippen LogP contribution in [0.25, 0.3) is 11.1 Å². The maximum absolute atomic E-state index is 3.65. The van der Waals surface area contributed by atoms with Gasteiger partial charge in [-0.15, -0.1) is 0 Å². The average molecular weight is 447 g/mol. The number of aryl methyl sites for hydroxylation is 1. The first-order valence-corrected chi connectivity index (χ1v) is 8.43. The molecule has 0 heterocycles. The number of rotatable bonds is 1.